The monoisotopic (exact) mass is 307 g/mol. The summed E-state index contributed by atoms with van der Waals surface area (Å²) in [6, 6.07) is 0. The molecule has 2 heteroatoms. The van der Waals surface area contributed by atoms with Crippen LogP contribution < -0.4 is 0 Å². The quantitative estimate of drug-likeness (QED) is 0.585. The van der Waals surface area contributed by atoms with Crippen LogP contribution in [-0.4, -0.2) is 23.9 Å². The van der Waals surface area contributed by atoms with Gasteiger partial charge in [-0.1, -0.05) is 60.1 Å². The first kappa shape index (κ1) is 19.3. The zero-order valence-electron chi connectivity index (χ0n) is 15.7. The molecule has 1 aliphatic carbocycles. The Labute approximate surface area is 138 Å². The number of carbonyl (C=O) groups excluding carboxylic acids is 1. The highest BCUT2D eigenvalue weighted by Gasteiger charge is 2.30. The van der Waals surface area contributed by atoms with Gasteiger partial charge in [-0.2, -0.15) is 0 Å². The van der Waals surface area contributed by atoms with Crippen LogP contribution in [-0.2, 0) is 4.79 Å². The van der Waals surface area contributed by atoms with Crippen LogP contribution in [0.25, 0.3) is 0 Å². The molecule has 0 fully saturated rings. The van der Waals surface area contributed by atoms with E-state index in [0.717, 1.165) is 31.8 Å². The topological polar surface area (TPSA) is 20.3 Å². The van der Waals surface area contributed by atoms with Gasteiger partial charge in [0.25, 0.3) is 0 Å². The molecule has 0 aromatic rings. The van der Waals surface area contributed by atoms with Crippen molar-refractivity contribution in [3.8, 4) is 0 Å². The summed E-state index contributed by atoms with van der Waals surface area (Å²) in [5.41, 5.74) is -0.274. The van der Waals surface area contributed by atoms with Crippen molar-refractivity contribution in [2.75, 3.05) is 13.1 Å². The van der Waals surface area contributed by atoms with Gasteiger partial charge in [0.15, 0.2) is 0 Å². The summed E-state index contributed by atoms with van der Waals surface area (Å²) in [6.07, 6.45) is 10.7. The molecule has 0 saturated heterocycles. The number of hydrogen-bond acceptors (Lipinski definition) is 1. The molecule has 1 aliphatic rings. The molecule has 3 atom stereocenters. The third kappa shape index (κ3) is 5.78. The van der Waals surface area contributed by atoms with Crippen molar-refractivity contribution in [3.63, 3.8) is 0 Å². The molecule has 0 spiro atoms. The average Bonchev–Trinajstić information content (AvgIpc) is 2.49. The predicted molar refractivity (Wildman–Crippen MR) is 95.8 cm³/mol. The van der Waals surface area contributed by atoms with Gasteiger partial charge in [0.2, 0.25) is 5.91 Å². The summed E-state index contributed by atoms with van der Waals surface area (Å²) < 4.78 is 0. The van der Waals surface area contributed by atoms with Crippen molar-refractivity contribution < 1.29 is 4.79 Å². The van der Waals surface area contributed by atoms with E-state index in [0.29, 0.717) is 17.7 Å². The molecule has 0 aromatic heterocycles. The summed E-state index contributed by atoms with van der Waals surface area (Å²) in [5.74, 6) is 2.35. The lowest BCUT2D eigenvalue weighted by Gasteiger charge is -2.36. The summed E-state index contributed by atoms with van der Waals surface area (Å²) in [5, 5.41) is 0. The van der Waals surface area contributed by atoms with E-state index < -0.39 is 0 Å². The number of amides is 1. The van der Waals surface area contributed by atoms with Crippen LogP contribution in [0.5, 0.6) is 0 Å². The number of rotatable bonds is 7. The van der Waals surface area contributed by atoms with Crippen molar-refractivity contribution in [2.45, 2.75) is 73.6 Å². The molecule has 0 aliphatic heterocycles. The zero-order valence-corrected chi connectivity index (χ0v) is 15.7. The maximum Gasteiger partial charge on any atom is 0.227 e. The van der Waals surface area contributed by atoms with Crippen LogP contribution in [0.2, 0.25) is 0 Å². The number of unbranched alkanes of at least 4 members (excludes halogenated alkanes) is 1. The lowest BCUT2D eigenvalue weighted by atomic mass is 9.77. The Hall–Kier alpha value is -0.790. The second-order valence-electron chi connectivity index (χ2n) is 8.24. The van der Waals surface area contributed by atoms with E-state index in [1.807, 2.05) is 20.8 Å². The molecule has 22 heavy (non-hydrogen) atoms. The van der Waals surface area contributed by atoms with Crippen molar-refractivity contribution in [2.24, 2.45) is 23.2 Å². The van der Waals surface area contributed by atoms with Gasteiger partial charge >= 0.3 is 0 Å². The van der Waals surface area contributed by atoms with Gasteiger partial charge in [0, 0.05) is 18.5 Å². The fraction of sp³-hybridized carbons (Fsp3) is 0.850. The standard InChI is InChI=1S/C20H37NO/c1-7-8-14-21(19(22)20(4,5)6)15-16(2)17(3)18-12-10-9-11-13-18/h9-10,16-18H,7-8,11-15H2,1-6H3. The lowest BCUT2D eigenvalue weighted by Crippen LogP contribution is -2.43. The van der Waals surface area contributed by atoms with E-state index in [2.05, 4.69) is 37.8 Å². The summed E-state index contributed by atoms with van der Waals surface area (Å²) >= 11 is 0. The van der Waals surface area contributed by atoms with E-state index in [4.69, 9.17) is 0 Å². The molecular weight excluding hydrogens is 270 g/mol. The minimum Gasteiger partial charge on any atom is -0.342 e. The van der Waals surface area contributed by atoms with Crippen molar-refractivity contribution in [3.05, 3.63) is 12.2 Å². The summed E-state index contributed by atoms with van der Waals surface area (Å²) in [7, 11) is 0. The molecule has 0 aromatic carbocycles. The Morgan fingerprint density at radius 2 is 1.95 bits per heavy atom. The van der Waals surface area contributed by atoms with Gasteiger partial charge in [0.1, 0.15) is 0 Å². The van der Waals surface area contributed by atoms with E-state index in [1.165, 1.54) is 19.3 Å². The average molecular weight is 308 g/mol. The van der Waals surface area contributed by atoms with Gasteiger partial charge in [-0.3, -0.25) is 4.79 Å². The van der Waals surface area contributed by atoms with Crippen LogP contribution in [0.1, 0.15) is 73.6 Å². The largest absolute Gasteiger partial charge is 0.342 e. The third-order valence-electron chi connectivity index (χ3n) is 5.17. The normalized spacial score (nSPS) is 21.5. The second-order valence-corrected chi connectivity index (χ2v) is 8.24. The first-order valence-electron chi connectivity index (χ1n) is 9.21. The second kappa shape index (κ2) is 8.74. The molecule has 0 saturated carbocycles. The highest BCUT2D eigenvalue weighted by atomic mass is 16.2. The SMILES string of the molecule is CCCCN(CC(C)C(C)C1CC=CCC1)C(=O)C(C)(C)C. The summed E-state index contributed by atoms with van der Waals surface area (Å²) in [4.78, 5) is 14.8. The molecule has 3 unspecified atom stereocenters. The minimum atomic E-state index is -0.274. The Balaban J connectivity index is 2.66. The highest BCUT2D eigenvalue weighted by molar-refractivity contribution is 5.81. The highest BCUT2D eigenvalue weighted by Crippen LogP contribution is 2.32. The lowest BCUT2D eigenvalue weighted by molar-refractivity contribution is -0.140. The molecule has 1 amide bonds. The molecule has 0 N–H and O–H groups in total. The van der Waals surface area contributed by atoms with E-state index >= 15 is 0 Å². The maximum atomic E-state index is 12.7. The fourth-order valence-electron chi connectivity index (χ4n) is 3.37. The molecule has 0 bridgehead atoms. The van der Waals surface area contributed by atoms with E-state index in [1.54, 1.807) is 0 Å². The molecule has 0 heterocycles. The van der Waals surface area contributed by atoms with Crippen molar-refractivity contribution in [1.29, 1.82) is 0 Å². The number of carbonyl (C=O) groups is 1. The van der Waals surface area contributed by atoms with Crippen molar-refractivity contribution in [1.82, 2.24) is 4.90 Å². The number of nitrogens with zero attached hydrogens (tertiary/aromatic N) is 1. The Kier molecular flexibility index (Phi) is 7.65. The number of hydrogen-bond donors (Lipinski definition) is 0. The van der Waals surface area contributed by atoms with Gasteiger partial charge in [0.05, 0.1) is 0 Å². The summed E-state index contributed by atoms with van der Waals surface area (Å²) in [6.45, 7) is 14.8. The molecule has 1 rings (SSSR count). The Bertz CT molecular complexity index is 366. The molecule has 0 radical (unpaired) electrons. The molecule has 2 nitrogen and oxygen atoms in total. The Morgan fingerprint density at radius 1 is 1.27 bits per heavy atom. The number of allylic oxidation sites excluding steroid dienone is 2. The van der Waals surface area contributed by atoms with Gasteiger partial charge in [-0.15, -0.1) is 0 Å². The first-order chi connectivity index (χ1) is 10.3. The van der Waals surface area contributed by atoms with Gasteiger partial charge in [-0.25, -0.2) is 0 Å². The van der Waals surface area contributed by atoms with Gasteiger partial charge < -0.3 is 4.90 Å². The molecular formula is C20H37NO. The van der Waals surface area contributed by atoms with Gasteiger partial charge in [-0.05, 0) is 43.4 Å². The van der Waals surface area contributed by atoms with Crippen LogP contribution in [0, 0.1) is 23.2 Å². The first-order valence-corrected chi connectivity index (χ1v) is 9.21. The van der Waals surface area contributed by atoms with Crippen molar-refractivity contribution >= 4 is 5.91 Å². The van der Waals surface area contributed by atoms with Crippen LogP contribution in [0.3, 0.4) is 0 Å². The Morgan fingerprint density at radius 3 is 2.45 bits per heavy atom. The molecule has 128 valence electrons. The third-order valence-corrected chi connectivity index (χ3v) is 5.17. The zero-order chi connectivity index (χ0) is 16.8. The minimum absolute atomic E-state index is 0.274. The maximum absolute atomic E-state index is 12.7. The van der Waals surface area contributed by atoms with Crippen LogP contribution in [0.4, 0.5) is 0 Å². The van der Waals surface area contributed by atoms with Crippen LogP contribution >= 0.6 is 0 Å². The van der Waals surface area contributed by atoms with E-state index in [-0.39, 0.29) is 5.41 Å². The van der Waals surface area contributed by atoms with E-state index in [9.17, 15) is 4.79 Å². The fourth-order valence-corrected chi connectivity index (χ4v) is 3.37. The smallest absolute Gasteiger partial charge is 0.227 e. The predicted octanol–water partition coefficient (Wildman–Crippen LogP) is 5.29. The van der Waals surface area contributed by atoms with Crippen LogP contribution in [0.15, 0.2) is 12.2 Å².